The second-order valence-corrected chi connectivity index (χ2v) is 6.40. The number of hydrogen-bond donors (Lipinski definition) is 0. The van der Waals surface area contributed by atoms with E-state index < -0.39 is 5.60 Å². The van der Waals surface area contributed by atoms with Crippen molar-refractivity contribution in [3.63, 3.8) is 0 Å². The molecule has 0 aliphatic carbocycles. The van der Waals surface area contributed by atoms with Crippen molar-refractivity contribution in [2.24, 2.45) is 0 Å². The van der Waals surface area contributed by atoms with Gasteiger partial charge in [0.05, 0.1) is 18.3 Å². The zero-order valence-corrected chi connectivity index (χ0v) is 13.4. The number of carbonyl (C=O) groups is 1. The van der Waals surface area contributed by atoms with Crippen LogP contribution in [0.15, 0.2) is 30.6 Å². The number of esters is 1. The van der Waals surface area contributed by atoms with Crippen molar-refractivity contribution in [3.8, 4) is 5.69 Å². The quantitative estimate of drug-likeness (QED) is 0.812. The average Bonchev–Trinajstić information content (AvgIpc) is 2.78. The lowest BCUT2D eigenvalue weighted by Gasteiger charge is -2.19. The van der Waals surface area contributed by atoms with E-state index in [2.05, 4.69) is 5.10 Å². The van der Waals surface area contributed by atoms with Crippen molar-refractivity contribution < 1.29 is 9.53 Å². The number of carbonyl (C=O) groups excluding carboxylic acids is 1. The van der Waals surface area contributed by atoms with Crippen LogP contribution in [0.1, 0.15) is 31.9 Å². The standard InChI is InChI=1S/C16H19ClN2O2/c1-11-5-6-13(8-14(11)17)19-10-12(9-18-19)7-15(20)21-16(2,3)4/h5-6,8-10H,7H2,1-4H3. The number of hydrogen-bond acceptors (Lipinski definition) is 3. The number of halogens is 1. The molecule has 1 aromatic heterocycles. The molecule has 1 aromatic carbocycles. The Morgan fingerprint density at radius 1 is 1.38 bits per heavy atom. The fourth-order valence-corrected chi connectivity index (χ4v) is 2.04. The van der Waals surface area contributed by atoms with Gasteiger partial charge in [0, 0.05) is 16.8 Å². The topological polar surface area (TPSA) is 44.1 Å². The molecule has 2 aromatic rings. The van der Waals surface area contributed by atoms with E-state index in [4.69, 9.17) is 16.3 Å². The first kappa shape index (κ1) is 15.6. The molecule has 21 heavy (non-hydrogen) atoms. The van der Waals surface area contributed by atoms with E-state index in [1.165, 1.54) is 0 Å². The average molecular weight is 307 g/mol. The van der Waals surface area contributed by atoms with Crippen molar-refractivity contribution in [1.82, 2.24) is 9.78 Å². The highest BCUT2D eigenvalue weighted by Gasteiger charge is 2.17. The monoisotopic (exact) mass is 306 g/mol. The number of ether oxygens (including phenoxy) is 1. The highest BCUT2D eigenvalue weighted by Crippen LogP contribution is 2.19. The molecule has 2 rings (SSSR count). The molecule has 0 bridgehead atoms. The molecule has 5 heteroatoms. The Kier molecular flexibility index (Phi) is 4.37. The number of aryl methyl sites for hydroxylation is 1. The lowest BCUT2D eigenvalue weighted by Crippen LogP contribution is -2.24. The molecule has 0 aliphatic rings. The summed E-state index contributed by atoms with van der Waals surface area (Å²) in [7, 11) is 0. The fourth-order valence-electron chi connectivity index (χ4n) is 1.86. The minimum Gasteiger partial charge on any atom is -0.460 e. The lowest BCUT2D eigenvalue weighted by molar-refractivity contribution is -0.153. The van der Waals surface area contributed by atoms with E-state index in [9.17, 15) is 4.79 Å². The summed E-state index contributed by atoms with van der Waals surface area (Å²) >= 11 is 6.11. The van der Waals surface area contributed by atoms with Gasteiger partial charge in [-0.3, -0.25) is 4.79 Å². The van der Waals surface area contributed by atoms with Crippen LogP contribution >= 0.6 is 11.6 Å². The zero-order chi connectivity index (χ0) is 15.6. The van der Waals surface area contributed by atoms with Crippen LogP contribution in [0.25, 0.3) is 5.69 Å². The summed E-state index contributed by atoms with van der Waals surface area (Å²) in [4.78, 5) is 11.8. The highest BCUT2D eigenvalue weighted by atomic mass is 35.5. The largest absolute Gasteiger partial charge is 0.460 e. The van der Waals surface area contributed by atoms with Gasteiger partial charge in [-0.05, 0) is 45.4 Å². The molecule has 0 aliphatic heterocycles. The van der Waals surface area contributed by atoms with Gasteiger partial charge in [0.15, 0.2) is 0 Å². The van der Waals surface area contributed by atoms with Gasteiger partial charge in [0.25, 0.3) is 0 Å². The van der Waals surface area contributed by atoms with E-state index in [1.807, 2.05) is 52.1 Å². The molecule has 0 atom stereocenters. The fraction of sp³-hybridized carbons (Fsp3) is 0.375. The molecule has 0 saturated heterocycles. The Labute approximate surface area is 129 Å². The summed E-state index contributed by atoms with van der Waals surface area (Å²) in [5.74, 6) is -0.260. The summed E-state index contributed by atoms with van der Waals surface area (Å²) in [6.07, 6.45) is 3.68. The van der Waals surface area contributed by atoms with Gasteiger partial charge in [-0.2, -0.15) is 5.10 Å². The minimum atomic E-state index is -0.475. The molecule has 112 valence electrons. The van der Waals surface area contributed by atoms with Gasteiger partial charge in [-0.1, -0.05) is 17.7 Å². The first-order valence-electron chi connectivity index (χ1n) is 6.76. The predicted octanol–water partition coefficient (Wildman–Crippen LogP) is 3.72. The summed E-state index contributed by atoms with van der Waals surface area (Å²) in [6.45, 7) is 7.50. The summed E-state index contributed by atoms with van der Waals surface area (Å²) in [6, 6.07) is 5.72. The maximum Gasteiger partial charge on any atom is 0.310 e. The second kappa shape index (κ2) is 5.90. The Morgan fingerprint density at radius 3 is 2.71 bits per heavy atom. The molecule has 0 saturated carbocycles. The van der Waals surface area contributed by atoms with Crippen molar-refractivity contribution in [2.45, 2.75) is 39.7 Å². The van der Waals surface area contributed by atoms with Crippen LogP contribution < -0.4 is 0 Å². The molecule has 0 radical (unpaired) electrons. The Hall–Kier alpha value is -1.81. The highest BCUT2D eigenvalue weighted by molar-refractivity contribution is 6.31. The van der Waals surface area contributed by atoms with Crippen LogP contribution in [0.5, 0.6) is 0 Å². The van der Waals surface area contributed by atoms with Crippen LogP contribution in [-0.4, -0.2) is 21.4 Å². The van der Waals surface area contributed by atoms with Crippen molar-refractivity contribution in [2.75, 3.05) is 0 Å². The summed E-state index contributed by atoms with van der Waals surface area (Å²) < 4.78 is 6.99. The van der Waals surface area contributed by atoms with E-state index in [0.717, 1.165) is 16.8 Å². The van der Waals surface area contributed by atoms with Gasteiger partial charge >= 0.3 is 5.97 Å². The maximum atomic E-state index is 11.8. The molecular weight excluding hydrogens is 288 g/mol. The molecule has 1 heterocycles. The van der Waals surface area contributed by atoms with Crippen molar-refractivity contribution in [1.29, 1.82) is 0 Å². The first-order valence-corrected chi connectivity index (χ1v) is 7.14. The molecule has 4 nitrogen and oxygen atoms in total. The third-order valence-corrected chi connectivity index (χ3v) is 3.23. The number of rotatable bonds is 3. The molecule has 0 N–H and O–H groups in total. The molecule has 0 fully saturated rings. The summed E-state index contributed by atoms with van der Waals surface area (Å²) in [5, 5.41) is 4.95. The lowest BCUT2D eigenvalue weighted by atomic mass is 10.2. The van der Waals surface area contributed by atoms with Gasteiger partial charge in [-0.15, -0.1) is 0 Å². The Balaban J connectivity index is 2.11. The smallest absolute Gasteiger partial charge is 0.310 e. The summed E-state index contributed by atoms with van der Waals surface area (Å²) in [5.41, 5.74) is 2.21. The normalized spacial score (nSPS) is 11.5. The SMILES string of the molecule is Cc1ccc(-n2cc(CC(=O)OC(C)(C)C)cn2)cc1Cl. The van der Waals surface area contributed by atoms with E-state index in [0.29, 0.717) is 5.02 Å². The Bertz CT molecular complexity index is 657. The number of nitrogens with zero attached hydrogens (tertiary/aromatic N) is 2. The first-order chi connectivity index (χ1) is 9.74. The van der Waals surface area contributed by atoms with E-state index in [-0.39, 0.29) is 12.4 Å². The van der Waals surface area contributed by atoms with E-state index in [1.54, 1.807) is 10.9 Å². The number of aromatic nitrogens is 2. The number of benzene rings is 1. The zero-order valence-electron chi connectivity index (χ0n) is 12.7. The van der Waals surface area contributed by atoms with Crippen LogP contribution in [-0.2, 0) is 16.0 Å². The van der Waals surface area contributed by atoms with Gasteiger partial charge < -0.3 is 4.74 Å². The van der Waals surface area contributed by atoms with Gasteiger partial charge in [0.1, 0.15) is 5.60 Å². The van der Waals surface area contributed by atoms with Crippen LogP contribution in [0.3, 0.4) is 0 Å². The van der Waals surface area contributed by atoms with E-state index >= 15 is 0 Å². The minimum absolute atomic E-state index is 0.205. The molecule has 0 unspecified atom stereocenters. The second-order valence-electron chi connectivity index (χ2n) is 5.99. The third kappa shape index (κ3) is 4.33. The molecule has 0 amide bonds. The van der Waals surface area contributed by atoms with Crippen LogP contribution in [0.2, 0.25) is 5.02 Å². The molecular formula is C16H19ClN2O2. The molecule has 0 spiro atoms. The predicted molar refractivity (Wildman–Crippen MR) is 82.9 cm³/mol. The van der Waals surface area contributed by atoms with Gasteiger partial charge in [-0.25, -0.2) is 4.68 Å². The maximum absolute atomic E-state index is 11.8. The van der Waals surface area contributed by atoms with Crippen LogP contribution in [0.4, 0.5) is 0 Å². The van der Waals surface area contributed by atoms with Crippen molar-refractivity contribution in [3.05, 3.63) is 46.7 Å². The van der Waals surface area contributed by atoms with Crippen LogP contribution in [0, 0.1) is 6.92 Å². The van der Waals surface area contributed by atoms with Gasteiger partial charge in [0.2, 0.25) is 0 Å². The van der Waals surface area contributed by atoms with Crippen molar-refractivity contribution >= 4 is 17.6 Å². The Morgan fingerprint density at radius 2 is 2.10 bits per heavy atom. The third-order valence-electron chi connectivity index (χ3n) is 2.82.